The van der Waals surface area contributed by atoms with Crippen molar-refractivity contribution in [2.75, 3.05) is 18.9 Å². The third-order valence-corrected chi connectivity index (χ3v) is 8.59. The van der Waals surface area contributed by atoms with Gasteiger partial charge in [-0.25, -0.2) is 0 Å². The number of carbonyl (C=O) groups is 1. The van der Waals surface area contributed by atoms with Crippen molar-refractivity contribution in [3.63, 3.8) is 0 Å². The third kappa shape index (κ3) is 4.02. The molecule has 3 aliphatic rings. The summed E-state index contributed by atoms with van der Waals surface area (Å²) in [5.74, 6) is 1.28. The van der Waals surface area contributed by atoms with Gasteiger partial charge < -0.3 is 14.2 Å². The van der Waals surface area contributed by atoms with Crippen LogP contribution in [0.15, 0.2) is 18.2 Å². The minimum Gasteiger partial charge on any atom is -0.479 e. The van der Waals surface area contributed by atoms with E-state index in [1.165, 1.54) is 71.6 Å². The Balaban J connectivity index is 1.43. The Kier molecular flexibility index (Phi) is 6.29. The zero-order valence-corrected chi connectivity index (χ0v) is 20.0. The van der Waals surface area contributed by atoms with Crippen molar-refractivity contribution in [1.82, 2.24) is 9.47 Å². The Morgan fingerprint density at radius 1 is 1.16 bits per heavy atom. The van der Waals surface area contributed by atoms with Crippen molar-refractivity contribution in [3.05, 3.63) is 35.0 Å². The molecule has 1 aromatic heterocycles. The molecule has 1 aliphatic heterocycles. The maximum absolute atomic E-state index is 13.1. The minimum absolute atomic E-state index is 0.185. The molecule has 4 nitrogen and oxygen atoms in total. The summed E-state index contributed by atoms with van der Waals surface area (Å²) in [6, 6.07) is 7.45. The van der Waals surface area contributed by atoms with E-state index in [4.69, 9.17) is 17.0 Å². The van der Waals surface area contributed by atoms with Crippen LogP contribution in [0.25, 0.3) is 10.9 Å². The van der Waals surface area contributed by atoms with Crippen LogP contribution in [0.5, 0.6) is 0 Å². The second-order valence-electron chi connectivity index (χ2n) is 9.09. The Bertz CT molecular complexity index is 993. The van der Waals surface area contributed by atoms with Gasteiger partial charge in [-0.05, 0) is 80.4 Å². The smallest absolute Gasteiger partial charge is 0.233 e. The summed E-state index contributed by atoms with van der Waals surface area (Å²) in [4.78, 5) is 15.2. The Morgan fingerprint density at radius 2 is 2.00 bits per heavy atom. The number of fused-ring (bicyclic) bond motifs is 3. The van der Waals surface area contributed by atoms with Crippen LogP contribution in [0.1, 0.15) is 80.7 Å². The standard InChI is InChI=1S/C25H32N2O2S2/c1-2-29-25(30)31-16-23(28)26-13-14-27-21-12-11-18(17-7-4-3-5-8-17)15-20(21)19-9-6-10-22(26)24(19)27/h11-12,15,17,22H,2-10,13-14,16H2,1H3/t22-/m1/s1. The maximum Gasteiger partial charge on any atom is 0.233 e. The first-order valence-corrected chi connectivity index (χ1v) is 13.3. The second kappa shape index (κ2) is 9.14. The van der Waals surface area contributed by atoms with Crippen molar-refractivity contribution in [2.24, 2.45) is 0 Å². The number of nitrogens with zero attached hydrogens (tertiary/aromatic N) is 2. The predicted molar refractivity (Wildman–Crippen MR) is 132 cm³/mol. The molecule has 0 bridgehead atoms. The number of hydrogen-bond donors (Lipinski definition) is 0. The fraction of sp³-hybridized carbons (Fsp3) is 0.600. The number of hydrogen-bond acceptors (Lipinski definition) is 4. The summed E-state index contributed by atoms with van der Waals surface area (Å²) in [5.41, 5.74) is 5.80. The molecule has 1 atom stereocenters. The van der Waals surface area contributed by atoms with Crippen LogP contribution in [-0.2, 0) is 22.5 Å². The predicted octanol–water partition coefficient (Wildman–Crippen LogP) is 5.96. The highest BCUT2D eigenvalue weighted by atomic mass is 32.2. The molecule has 1 amide bonds. The van der Waals surface area contributed by atoms with E-state index in [2.05, 4.69) is 27.7 Å². The highest BCUT2D eigenvalue weighted by molar-refractivity contribution is 8.23. The van der Waals surface area contributed by atoms with Crippen LogP contribution in [0, 0.1) is 0 Å². The number of aryl methyl sites for hydroxylation is 1. The number of amides is 1. The van der Waals surface area contributed by atoms with Gasteiger partial charge in [0.2, 0.25) is 10.3 Å². The van der Waals surface area contributed by atoms with Crippen molar-refractivity contribution in [2.45, 2.75) is 76.8 Å². The lowest BCUT2D eigenvalue weighted by Crippen LogP contribution is -2.44. The zero-order chi connectivity index (χ0) is 21.4. The second-order valence-corrected chi connectivity index (χ2v) is 10.7. The van der Waals surface area contributed by atoms with Gasteiger partial charge in [-0.15, -0.1) is 0 Å². The van der Waals surface area contributed by atoms with Crippen LogP contribution in [0.4, 0.5) is 0 Å². The summed E-state index contributed by atoms with van der Waals surface area (Å²) >= 11 is 6.55. The molecule has 0 saturated heterocycles. The topological polar surface area (TPSA) is 34.5 Å². The first-order valence-electron chi connectivity index (χ1n) is 11.9. The van der Waals surface area contributed by atoms with Crippen LogP contribution in [-0.4, -0.2) is 38.7 Å². The zero-order valence-electron chi connectivity index (χ0n) is 18.4. The third-order valence-electron chi connectivity index (χ3n) is 7.37. The van der Waals surface area contributed by atoms with E-state index in [9.17, 15) is 4.79 Å². The summed E-state index contributed by atoms with van der Waals surface area (Å²) in [6.07, 6.45) is 10.1. The lowest BCUT2D eigenvalue weighted by Gasteiger charge is -2.40. The molecule has 1 saturated carbocycles. The molecule has 0 N–H and O–H groups in total. The van der Waals surface area contributed by atoms with Crippen molar-refractivity contribution in [3.8, 4) is 0 Å². The van der Waals surface area contributed by atoms with Crippen molar-refractivity contribution in [1.29, 1.82) is 0 Å². The lowest BCUT2D eigenvalue weighted by molar-refractivity contribution is -0.132. The van der Waals surface area contributed by atoms with Gasteiger partial charge in [-0.3, -0.25) is 4.79 Å². The van der Waals surface area contributed by atoms with E-state index >= 15 is 0 Å². The molecule has 2 aromatic rings. The summed E-state index contributed by atoms with van der Waals surface area (Å²) in [6.45, 7) is 4.14. The lowest BCUT2D eigenvalue weighted by atomic mass is 9.83. The van der Waals surface area contributed by atoms with Crippen LogP contribution in [0.2, 0.25) is 0 Å². The highest BCUT2D eigenvalue weighted by Gasteiger charge is 2.37. The van der Waals surface area contributed by atoms with Gasteiger partial charge >= 0.3 is 0 Å². The molecule has 6 heteroatoms. The van der Waals surface area contributed by atoms with E-state index in [1.807, 2.05) is 6.92 Å². The molecule has 2 heterocycles. The molecule has 0 radical (unpaired) electrons. The van der Waals surface area contributed by atoms with Crippen molar-refractivity contribution >= 4 is 45.2 Å². The molecule has 31 heavy (non-hydrogen) atoms. The number of carbonyl (C=O) groups excluding carboxylic acids is 1. The molecule has 1 fully saturated rings. The molecular weight excluding hydrogens is 424 g/mol. The molecule has 2 aliphatic carbocycles. The van der Waals surface area contributed by atoms with Gasteiger partial charge in [0.25, 0.3) is 0 Å². The first kappa shape index (κ1) is 21.3. The Labute approximate surface area is 194 Å². The minimum atomic E-state index is 0.185. The van der Waals surface area contributed by atoms with Gasteiger partial charge in [-0.2, -0.15) is 0 Å². The van der Waals surface area contributed by atoms with Gasteiger partial charge in [0.1, 0.15) is 0 Å². The van der Waals surface area contributed by atoms with E-state index in [1.54, 1.807) is 0 Å². The summed E-state index contributed by atoms with van der Waals surface area (Å²) in [7, 11) is 0. The normalized spacial score (nSPS) is 21.2. The summed E-state index contributed by atoms with van der Waals surface area (Å²) in [5, 5.41) is 1.45. The van der Waals surface area contributed by atoms with Gasteiger partial charge in [-0.1, -0.05) is 37.1 Å². The number of thiocarbonyl (C=S) groups is 1. The SMILES string of the molecule is CCOC(=S)SCC(=O)N1CCn2c3c(c4cc(C5CCCCC5)ccc42)CCC[C@H]31. The molecule has 166 valence electrons. The Hall–Kier alpha value is -1.53. The van der Waals surface area contributed by atoms with Crippen molar-refractivity contribution < 1.29 is 9.53 Å². The van der Waals surface area contributed by atoms with Gasteiger partial charge in [0.05, 0.1) is 18.4 Å². The molecule has 1 aromatic carbocycles. The van der Waals surface area contributed by atoms with E-state index in [-0.39, 0.29) is 11.9 Å². The fourth-order valence-electron chi connectivity index (χ4n) is 5.97. The number of benzene rings is 1. The quantitative estimate of drug-likeness (QED) is 0.532. The van der Waals surface area contributed by atoms with E-state index < -0.39 is 0 Å². The number of ether oxygens (including phenoxy) is 1. The van der Waals surface area contributed by atoms with Gasteiger partial charge in [0, 0.05) is 29.7 Å². The molecule has 0 unspecified atom stereocenters. The Morgan fingerprint density at radius 3 is 2.81 bits per heavy atom. The monoisotopic (exact) mass is 456 g/mol. The average molecular weight is 457 g/mol. The molecule has 5 rings (SSSR count). The maximum atomic E-state index is 13.1. The largest absolute Gasteiger partial charge is 0.479 e. The molecular formula is C25H32N2O2S2. The summed E-state index contributed by atoms with van der Waals surface area (Å²) < 4.78 is 8.33. The number of aromatic nitrogens is 1. The van der Waals surface area contributed by atoms with E-state index in [0.29, 0.717) is 16.7 Å². The van der Waals surface area contributed by atoms with Crippen LogP contribution in [0.3, 0.4) is 0 Å². The average Bonchev–Trinajstić information content (AvgIpc) is 3.13. The van der Waals surface area contributed by atoms with Gasteiger partial charge in [0.15, 0.2) is 0 Å². The first-order chi connectivity index (χ1) is 15.2. The van der Waals surface area contributed by atoms with Crippen LogP contribution < -0.4 is 0 Å². The number of rotatable bonds is 4. The van der Waals surface area contributed by atoms with E-state index in [0.717, 1.165) is 38.3 Å². The van der Waals surface area contributed by atoms with Crippen LogP contribution >= 0.6 is 24.0 Å². The fourth-order valence-corrected chi connectivity index (χ4v) is 6.88. The number of thioether (sulfide) groups is 1. The molecule has 0 spiro atoms. The highest BCUT2D eigenvalue weighted by Crippen LogP contribution is 2.44.